The Morgan fingerprint density at radius 1 is 1.00 bits per heavy atom. The van der Waals surface area contributed by atoms with E-state index in [-0.39, 0.29) is 0 Å². The first-order valence-corrected chi connectivity index (χ1v) is 9.99. The van der Waals surface area contributed by atoms with Gasteiger partial charge in [-0.2, -0.15) is 0 Å². The lowest BCUT2D eigenvalue weighted by Crippen LogP contribution is -2.57. The molecular formula is C21H24INO. The predicted octanol–water partition coefficient (Wildman–Crippen LogP) is 4.41. The van der Waals surface area contributed by atoms with Crippen molar-refractivity contribution in [1.82, 2.24) is 4.90 Å². The Hall–Kier alpha value is -0.910. The van der Waals surface area contributed by atoms with Crippen LogP contribution in [-0.4, -0.2) is 23.1 Å². The molecule has 0 aromatic heterocycles. The highest BCUT2D eigenvalue weighted by Crippen LogP contribution is 2.49. The van der Waals surface area contributed by atoms with Crippen LogP contribution in [0.2, 0.25) is 0 Å². The average Bonchev–Trinajstić information content (AvgIpc) is 2.57. The van der Waals surface area contributed by atoms with Gasteiger partial charge >= 0.3 is 0 Å². The highest BCUT2D eigenvalue weighted by atomic mass is 127. The molecule has 4 rings (SSSR count). The zero-order valence-corrected chi connectivity index (χ0v) is 16.0. The quantitative estimate of drug-likeness (QED) is 0.725. The van der Waals surface area contributed by atoms with Gasteiger partial charge in [0.2, 0.25) is 0 Å². The van der Waals surface area contributed by atoms with E-state index in [0.717, 1.165) is 38.0 Å². The van der Waals surface area contributed by atoms with E-state index in [2.05, 4.69) is 82.1 Å². The fraction of sp³-hybridized carbons (Fsp3) is 0.429. The molecule has 0 unspecified atom stereocenters. The number of fused-ring (bicyclic) bond motifs is 2. The SMILES string of the molecule is O[C@]1(c2cccc(I)c2)[C@@H]2CCC[C@H]1CN(Cc1ccccc1)C2. The van der Waals surface area contributed by atoms with Crippen molar-refractivity contribution in [3.63, 3.8) is 0 Å². The second kappa shape index (κ2) is 6.77. The van der Waals surface area contributed by atoms with E-state index < -0.39 is 5.60 Å². The molecule has 2 bridgehead atoms. The maximum atomic E-state index is 11.7. The monoisotopic (exact) mass is 433 g/mol. The number of halogens is 1. The van der Waals surface area contributed by atoms with Crippen molar-refractivity contribution in [2.45, 2.75) is 31.4 Å². The van der Waals surface area contributed by atoms with Gasteiger partial charge in [-0.3, -0.25) is 4.90 Å². The summed E-state index contributed by atoms with van der Waals surface area (Å²) in [7, 11) is 0. The molecule has 2 nitrogen and oxygen atoms in total. The number of piperidine rings is 1. The Bertz CT molecular complexity index is 688. The average molecular weight is 433 g/mol. The third kappa shape index (κ3) is 3.02. The lowest BCUT2D eigenvalue weighted by molar-refractivity contribution is -0.148. The van der Waals surface area contributed by atoms with Crippen molar-refractivity contribution in [1.29, 1.82) is 0 Å². The molecule has 2 aromatic carbocycles. The molecule has 0 amide bonds. The molecule has 1 saturated heterocycles. The molecule has 2 aliphatic rings. The number of hydrogen-bond donors (Lipinski definition) is 1. The maximum absolute atomic E-state index is 11.7. The van der Waals surface area contributed by atoms with Crippen LogP contribution >= 0.6 is 22.6 Å². The van der Waals surface area contributed by atoms with Crippen LogP contribution in [0.5, 0.6) is 0 Å². The van der Waals surface area contributed by atoms with Crippen molar-refractivity contribution in [3.05, 3.63) is 69.3 Å². The largest absolute Gasteiger partial charge is 0.384 e. The Morgan fingerprint density at radius 2 is 1.71 bits per heavy atom. The van der Waals surface area contributed by atoms with Crippen LogP contribution in [0, 0.1) is 15.4 Å². The van der Waals surface area contributed by atoms with E-state index in [1.165, 1.54) is 15.6 Å². The first-order valence-electron chi connectivity index (χ1n) is 8.91. The van der Waals surface area contributed by atoms with Crippen molar-refractivity contribution in [2.75, 3.05) is 13.1 Å². The van der Waals surface area contributed by atoms with E-state index in [9.17, 15) is 5.11 Å². The minimum absolute atomic E-state index is 0.340. The zero-order valence-electron chi connectivity index (χ0n) is 13.9. The molecule has 3 heteroatoms. The van der Waals surface area contributed by atoms with Gasteiger partial charge in [0.1, 0.15) is 0 Å². The summed E-state index contributed by atoms with van der Waals surface area (Å²) in [6, 6.07) is 19.2. The van der Waals surface area contributed by atoms with Gasteiger partial charge in [0.05, 0.1) is 5.60 Å². The highest BCUT2D eigenvalue weighted by molar-refractivity contribution is 14.1. The number of benzene rings is 2. The Labute approximate surface area is 158 Å². The van der Waals surface area contributed by atoms with Crippen LogP contribution in [-0.2, 0) is 12.1 Å². The van der Waals surface area contributed by atoms with Gasteiger partial charge in [-0.1, -0.05) is 48.9 Å². The smallest absolute Gasteiger partial charge is 0.0977 e. The van der Waals surface area contributed by atoms with Crippen LogP contribution in [0.3, 0.4) is 0 Å². The highest BCUT2D eigenvalue weighted by Gasteiger charge is 2.51. The topological polar surface area (TPSA) is 23.5 Å². The van der Waals surface area contributed by atoms with E-state index in [4.69, 9.17) is 0 Å². The van der Waals surface area contributed by atoms with Gasteiger partial charge in [-0.05, 0) is 58.7 Å². The van der Waals surface area contributed by atoms with Crippen LogP contribution in [0.1, 0.15) is 30.4 Å². The molecule has 1 aliphatic carbocycles. The zero-order chi connectivity index (χ0) is 16.6. The molecule has 0 radical (unpaired) electrons. The minimum atomic E-state index is -0.646. The van der Waals surface area contributed by atoms with E-state index >= 15 is 0 Å². The first-order chi connectivity index (χ1) is 11.7. The van der Waals surface area contributed by atoms with Gasteiger partial charge in [0, 0.05) is 35.0 Å². The van der Waals surface area contributed by atoms with Crippen molar-refractivity contribution in [3.8, 4) is 0 Å². The van der Waals surface area contributed by atoms with Gasteiger partial charge in [-0.25, -0.2) is 0 Å². The van der Waals surface area contributed by atoms with Crippen molar-refractivity contribution < 1.29 is 5.11 Å². The Balaban J connectivity index is 1.59. The van der Waals surface area contributed by atoms with Crippen LogP contribution in [0.15, 0.2) is 54.6 Å². The molecule has 2 aromatic rings. The summed E-state index contributed by atoms with van der Waals surface area (Å²) in [6.07, 6.45) is 3.51. The normalized spacial score (nSPS) is 30.2. The van der Waals surface area contributed by atoms with E-state index in [1.54, 1.807) is 0 Å². The minimum Gasteiger partial charge on any atom is -0.384 e. The van der Waals surface area contributed by atoms with Crippen LogP contribution in [0.4, 0.5) is 0 Å². The number of hydrogen-bond acceptors (Lipinski definition) is 2. The first kappa shape index (κ1) is 16.6. The molecule has 2 fully saturated rings. The molecule has 1 aliphatic heterocycles. The summed E-state index contributed by atoms with van der Waals surface area (Å²) in [5, 5.41) is 11.7. The Kier molecular flexibility index (Phi) is 4.67. The standard InChI is InChI=1S/C21H24INO/c22-20-11-5-8-17(12-20)21(24)18-9-4-10-19(21)15-23(14-18)13-16-6-2-1-3-7-16/h1-3,5-8,11-12,18-19,24H,4,9-10,13-15H2/t18-,19+,21-. The van der Waals surface area contributed by atoms with Crippen molar-refractivity contribution in [2.24, 2.45) is 11.8 Å². The predicted molar refractivity (Wildman–Crippen MR) is 106 cm³/mol. The van der Waals surface area contributed by atoms with Gasteiger partial charge < -0.3 is 5.11 Å². The third-order valence-electron chi connectivity index (χ3n) is 5.84. The van der Waals surface area contributed by atoms with Gasteiger partial charge in [0.25, 0.3) is 0 Å². The summed E-state index contributed by atoms with van der Waals surface area (Å²) >= 11 is 2.35. The fourth-order valence-corrected chi connectivity index (χ4v) is 5.27. The molecule has 3 atom stereocenters. The van der Waals surface area contributed by atoms with Crippen molar-refractivity contribution >= 4 is 22.6 Å². The molecule has 1 saturated carbocycles. The molecule has 24 heavy (non-hydrogen) atoms. The number of rotatable bonds is 3. The summed E-state index contributed by atoms with van der Waals surface area (Å²) in [5.74, 6) is 0.679. The molecule has 1 N–H and O–H groups in total. The summed E-state index contributed by atoms with van der Waals surface area (Å²) in [6.45, 7) is 2.98. The van der Waals surface area contributed by atoms with Gasteiger partial charge in [0.15, 0.2) is 0 Å². The molecule has 0 spiro atoms. The van der Waals surface area contributed by atoms with E-state index in [0.29, 0.717) is 11.8 Å². The third-order valence-corrected chi connectivity index (χ3v) is 6.51. The fourth-order valence-electron chi connectivity index (χ4n) is 4.72. The number of likely N-dealkylation sites (tertiary alicyclic amines) is 1. The van der Waals surface area contributed by atoms with Gasteiger partial charge in [-0.15, -0.1) is 0 Å². The second-order valence-corrected chi connectivity index (χ2v) is 8.59. The second-order valence-electron chi connectivity index (χ2n) is 7.34. The Morgan fingerprint density at radius 3 is 2.38 bits per heavy atom. The molecule has 1 heterocycles. The summed E-state index contributed by atoms with van der Waals surface area (Å²) < 4.78 is 1.21. The van der Waals surface area contributed by atoms with E-state index in [1.807, 2.05) is 0 Å². The number of nitrogens with zero attached hydrogens (tertiary/aromatic N) is 1. The summed E-state index contributed by atoms with van der Waals surface area (Å²) in [5.41, 5.74) is 1.85. The molecular weight excluding hydrogens is 409 g/mol. The maximum Gasteiger partial charge on any atom is 0.0977 e. The summed E-state index contributed by atoms with van der Waals surface area (Å²) in [4.78, 5) is 2.55. The number of aliphatic hydroxyl groups is 1. The molecule has 126 valence electrons. The van der Waals surface area contributed by atoms with Crippen LogP contribution in [0.25, 0.3) is 0 Å². The van der Waals surface area contributed by atoms with Crippen LogP contribution < -0.4 is 0 Å². The lowest BCUT2D eigenvalue weighted by Gasteiger charge is -2.53. The lowest BCUT2D eigenvalue weighted by atomic mass is 9.62.